The zero-order chi connectivity index (χ0) is 13.0. The van der Waals surface area contributed by atoms with E-state index in [0.717, 1.165) is 22.7 Å². The van der Waals surface area contributed by atoms with Crippen LogP contribution in [0.25, 0.3) is 0 Å². The van der Waals surface area contributed by atoms with E-state index >= 15 is 0 Å². The van der Waals surface area contributed by atoms with Gasteiger partial charge in [0.1, 0.15) is 12.4 Å². The molecule has 0 radical (unpaired) electrons. The number of hydrogen-bond acceptors (Lipinski definition) is 3. The first-order valence-electron chi connectivity index (χ1n) is 6.04. The van der Waals surface area contributed by atoms with Crippen molar-refractivity contribution in [2.45, 2.75) is 27.0 Å². The molecule has 0 saturated carbocycles. The Balaban J connectivity index is 2.10. The van der Waals surface area contributed by atoms with E-state index in [4.69, 9.17) is 10.5 Å². The number of hydrogen-bond donors (Lipinski definition) is 1. The maximum Gasteiger partial charge on any atom is 0.130 e. The van der Waals surface area contributed by atoms with Crippen molar-refractivity contribution in [1.82, 2.24) is 4.98 Å². The van der Waals surface area contributed by atoms with E-state index in [1.165, 1.54) is 5.56 Å². The number of nitrogens with zero attached hydrogens (tertiary/aromatic N) is 1. The molecular formula is C15H18N2O. The van der Waals surface area contributed by atoms with E-state index in [-0.39, 0.29) is 0 Å². The third kappa shape index (κ3) is 3.08. The Morgan fingerprint density at radius 1 is 1.17 bits per heavy atom. The van der Waals surface area contributed by atoms with Crippen LogP contribution in [-0.4, -0.2) is 4.98 Å². The molecule has 0 amide bonds. The Hall–Kier alpha value is -1.87. The molecule has 2 N–H and O–H groups in total. The Labute approximate surface area is 108 Å². The number of aromatic nitrogens is 1. The highest BCUT2D eigenvalue weighted by molar-refractivity contribution is 5.36. The molecule has 1 heterocycles. The summed E-state index contributed by atoms with van der Waals surface area (Å²) in [5.41, 5.74) is 9.87. The average molecular weight is 242 g/mol. The van der Waals surface area contributed by atoms with Crippen LogP contribution in [-0.2, 0) is 13.2 Å². The number of rotatable bonds is 4. The van der Waals surface area contributed by atoms with Crippen molar-refractivity contribution in [2.75, 3.05) is 0 Å². The van der Waals surface area contributed by atoms with Gasteiger partial charge in [-0.05, 0) is 32.0 Å². The summed E-state index contributed by atoms with van der Waals surface area (Å²) in [4.78, 5) is 4.41. The molecule has 0 spiro atoms. The second kappa shape index (κ2) is 5.65. The molecule has 18 heavy (non-hydrogen) atoms. The van der Waals surface area contributed by atoms with Crippen LogP contribution in [0.5, 0.6) is 5.75 Å². The minimum absolute atomic E-state index is 0.470. The average Bonchev–Trinajstić information content (AvgIpc) is 2.37. The van der Waals surface area contributed by atoms with E-state index in [9.17, 15) is 0 Å². The first kappa shape index (κ1) is 12.6. The third-order valence-electron chi connectivity index (χ3n) is 2.76. The van der Waals surface area contributed by atoms with Crippen molar-refractivity contribution >= 4 is 0 Å². The lowest BCUT2D eigenvalue weighted by atomic mass is 10.1. The molecule has 0 aliphatic heterocycles. The molecule has 2 rings (SSSR count). The van der Waals surface area contributed by atoms with E-state index in [1.807, 2.05) is 44.2 Å². The van der Waals surface area contributed by atoms with Crippen molar-refractivity contribution in [2.24, 2.45) is 5.73 Å². The van der Waals surface area contributed by atoms with Gasteiger partial charge in [0.05, 0.1) is 5.69 Å². The monoisotopic (exact) mass is 242 g/mol. The standard InChI is InChI=1S/C15H18N2O/c1-11-6-7-15(13(8-11)9-16)18-10-14-5-3-4-12(2)17-14/h3-8H,9-10,16H2,1-2H3. The lowest BCUT2D eigenvalue weighted by molar-refractivity contribution is 0.298. The Bertz CT molecular complexity index is 538. The second-order valence-corrected chi connectivity index (χ2v) is 4.37. The van der Waals surface area contributed by atoms with Crippen molar-refractivity contribution in [3.63, 3.8) is 0 Å². The topological polar surface area (TPSA) is 48.1 Å². The Morgan fingerprint density at radius 3 is 2.72 bits per heavy atom. The number of ether oxygens (including phenoxy) is 1. The van der Waals surface area contributed by atoms with Gasteiger partial charge in [-0.25, -0.2) is 0 Å². The minimum atomic E-state index is 0.470. The van der Waals surface area contributed by atoms with Crippen molar-refractivity contribution in [3.05, 3.63) is 58.9 Å². The molecule has 0 aliphatic rings. The summed E-state index contributed by atoms with van der Waals surface area (Å²) in [5.74, 6) is 0.839. The van der Waals surface area contributed by atoms with Crippen molar-refractivity contribution in [3.8, 4) is 5.75 Å². The van der Waals surface area contributed by atoms with Gasteiger partial charge in [0.2, 0.25) is 0 Å². The molecule has 0 aliphatic carbocycles. The molecule has 2 aromatic rings. The van der Waals surface area contributed by atoms with Crippen LogP contribution >= 0.6 is 0 Å². The fraction of sp³-hybridized carbons (Fsp3) is 0.267. The number of pyridine rings is 1. The second-order valence-electron chi connectivity index (χ2n) is 4.37. The van der Waals surface area contributed by atoms with Gasteiger partial charge in [-0.1, -0.05) is 23.8 Å². The quantitative estimate of drug-likeness (QED) is 0.896. The Kier molecular flexibility index (Phi) is 3.95. The van der Waals surface area contributed by atoms with Gasteiger partial charge in [0, 0.05) is 17.8 Å². The lowest BCUT2D eigenvalue weighted by Gasteiger charge is -2.11. The highest BCUT2D eigenvalue weighted by Crippen LogP contribution is 2.20. The van der Waals surface area contributed by atoms with Crippen LogP contribution in [0.4, 0.5) is 0 Å². The zero-order valence-corrected chi connectivity index (χ0v) is 10.8. The molecule has 1 aromatic carbocycles. The molecule has 0 fully saturated rings. The molecule has 3 heteroatoms. The van der Waals surface area contributed by atoms with Gasteiger partial charge in [0.15, 0.2) is 0 Å². The van der Waals surface area contributed by atoms with Gasteiger partial charge in [0.25, 0.3) is 0 Å². The summed E-state index contributed by atoms with van der Waals surface area (Å²) in [6.07, 6.45) is 0. The summed E-state index contributed by atoms with van der Waals surface area (Å²) in [7, 11) is 0. The van der Waals surface area contributed by atoms with Crippen molar-refractivity contribution in [1.29, 1.82) is 0 Å². The van der Waals surface area contributed by atoms with Crippen LogP contribution < -0.4 is 10.5 Å². The maximum atomic E-state index is 5.78. The highest BCUT2D eigenvalue weighted by atomic mass is 16.5. The van der Waals surface area contributed by atoms with Crippen LogP contribution in [0.1, 0.15) is 22.5 Å². The zero-order valence-electron chi connectivity index (χ0n) is 10.8. The smallest absolute Gasteiger partial charge is 0.130 e. The summed E-state index contributed by atoms with van der Waals surface area (Å²) in [5, 5.41) is 0. The Morgan fingerprint density at radius 2 is 2.00 bits per heavy atom. The van der Waals surface area contributed by atoms with Crippen LogP contribution in [0, 0.1) is 13.8 Å². The predicted octanol–water partition coefficient (Wildman–Crippen LogP) is 2.74. The number of benzene rings is 1. The maximum absolute atomic E-state index is 5.78. The molecule has 0 saturated heterocycles. The third-order valence-corrected chi connectivity index (χ3v) is 2.76. The van der Waals surface area contributed by atoms with E-state index in [1.54, 1.807) is 0 Å². The summed E-state index contributed by atoms with van der Waals surface area (Å²) in [6.45, 7) is 4.97. The molecule has 0 unspecified atom stereocenters. The molecule has 3 nitrogen and oxygen atoms in total. The molecular weight excluding hydrogens is 224 g/mol. The predicted molar refractivity (Wildman–Crippen MR) is 72.4 cm³/mol. The summed E-state index contributed by atoms with van der Waals surface area (Å²) >= 11 is 0. The summed E-state index contributed by atoms with van der Waals surface area (Å²) < 4.78 is 5.78. The lowest BCUT2D eigenvalue weighted by Crippen LogP contribution is -2.04. The number of aryl methyl sites for hydroxylation is 2. The number of nitrogens with two attached hydrogens (primary N) is 1. The minimum Gasteiger partial charge on any atom is -0.487 e. The fourth-order valence-electron chi connectivity index (χ4n) is 1.84. The first-order chi connectivity index (χ1) is 8.69. The summed E-state index contributed by atoms with van der Waals surface area (Å²) in [6, 6.07) is 12.0. The fourth-order valence-corrected chi connectivity index (χ4v) is 1.84. The molecule has 0 atom stereocenters. The van der Waals surface area contributed by atoms with Gasteiger partial charge < -0.3 is 10.5 Å². The largest absolute Gasteiger partial charge is 0.487 e. The van der Waals surface area contributed by atoms with Gasteiger partial charge in [-0.2, -0.15) is 0 Å². The van der Waals surface area contributed by atoms with Crippen LogP contribution in [0.2, 0.25) is 0 Å². The van der Waals surface area contributed by atoms with Gasteiger partial charge in [-0.15, -0.1) is 0 Å². The van der Waals surface area contributed by atoms with E-state index < -0.39 is 0 Å². The van der Waals surface area contributed by atoms with E-state index in [0.29, 0.717) is 13.2 Å². The van der Waals surface area contributed by atoms with E-state index in [2.05, 4.69) is 11.1 Å². The van der Waals surface area contributed by atoms with Gasteiger partial charge in [-0.3, -0.25) is 4.98 Å². The highest BCUT2D eigenvalue weighted by Gasteiger charge is 2.03. The molecule has 1 aromatic heterocycles. The van der Waals surface area contributed by atoms with Gasteiger partial charge >= 0.3 is 0 Å². The SMILES string of the molecule is Cc1ccc(OCc2cccc(C)n2)c(CN)c1. The van der Waals surface area contributed by atoms with Crippen LogP contribution in [0.3, 0.4) is 0 Å². The van der Waals surface area contributed by atoms with Crippen molar-refractivity contribution < 1.29 is 4.74 Å². The van der Waals surface area contributed by atoms with Crippen LogP contribution in [0.15, 0.2) is 36.4 Å². The normalized spacial score (nSPS) is 10.4. The molecule has 0 bridgehead atoms. The molecule has 94 valence electrons. The first-order valence-corrected chi connectivity index (χ1v) is 6.04.